The minimum atomic E-state index is -1.20. The third kappa shape index (κ3) is 3.28. The number of hydroxylamine groups is 2. The number of ether oxygens (including phenoxy) is 1. The van der Waals surface area contributed by atoms with Crippen molar-refractivity contribution < 1.29 is 27.9 Å². The van der Waals surface area contributed by atoms with Crippen molar-refractivity contribution in [2.24, 2.45) is 10.7 Å². The summed E-state index contributed by atoms with van der Waals surface area (Å²) in [6.45, 7) is 5.43. The summed E-state index contributed by atoms with van der Waals surface area (Å²) < 4.78 is 35.5. The van der Waals surface area contributed by atoms with E-state index in [0.717, 1.165) is 6.07 Å². The van der Waals surface area contributed by atoms with E-state index >= 15 is 0 Å². The fraction of sp³-hybridized carbons (Fsp3) is 0.429. The van der Waals surface area contributed by atoms with Crippen molar-refractivity contribution in [3.63, 3.8) is 0 Å². The van der Waals surface area contributed by atoms with Crippen molar-refractivity contribution in [3.8, 4) is 5.69 Å². The first-order valence-corrected chi connectivity index (χ1v) is 10.4. The lowest BCUT2D eigenvalue weighted by atomic mass is 9.97. The molecule has 174 valence electrons. The van der Waals surface area contributed by atoms with E-state index in [4.69, 9.17) is 15.3 Å². The topological polar surface area (TPSA) is 115 Å². The second-order valence-electron chi connectivity index (χ2n) is 8.94. The van der Waals surface area contributed by atoms with Crippen LogP contribution < -0.4 is 5.73 Å². The van der Waals surface area contributed by atoms with E-state index in [1.165, 1.54) is 22.4 Å². The molecule has 4 heterocycles. The number of nitrogens with two attached hydrogens (primary N) is 1. The molecule has 1 unspecified atom stereocenters. The molecule has 0 aliphatic carbocycles. The van der Waals surface area contributed by atoms with Crippen molar-refractivity contribution in [2.45, 2.75) is 45.0 Å². The molecular weight excluding hydrogens is 438 g/mol. The van der Waals surface area contributed by atoms with E-state index in [-0.39, 0.29) is 23.8 Å². The number of amides is 1. The van der Waals surface area contributed by atoms with Gasteiger partial charge in [-0.2, -0.15) is 0 Å². The lowest BCUT2D eigenvalue weighted by Gasteiger charge is -2.40. The fourth-order valence-corrected chi connectivity index (χ4v) is 4.20. The molecule has 1 fully saturated rings. The Bertz CT molecular complexity index is 1200. The zero-order valence-electron chi connectivity index (χ0n) is 18.2. The third-order valence-electron chi connectivity index (χ3n) is 5.69. The third-order valence-corrected chi connectivity index (χ3v) is 5.69. The number of rotatable bonds is 3. The molecule has 33 heavy (non-hydrogen) atoms. The van der Waals surface area contributed by atoms with E-state index in [1.807, 2.05) is 0 Å². The molecule has 1 saturated heterocycles. The first-order chi connectivity index (χ1) is 15.6. The Kier molecular flexibility index (Phi) is 4.76. The highest BCUT2D eigenvalue weighted by Gasteiger charge is 2.46. The van der Waals surface area contributed by atoms with Gasteiger partial charge in [-0.05, 0) is 39.3 Å². The first kappa shape index (κ1) is 21.5. The number of esters is 1. The Morgan fingerprint density at radius 2 is 2.09 bits per heavy atom. The summed E-state index contributed by atoms with van der Waals surface area (Å²) in [5.41, 5.74) is 5.86. The molecule has 12 heteroatoms. The standard InChI is InChI=1S/C21H22F2N6O4/c1-21(2,3)32-20(31)18-26-17(29(8-24)33-18)15-16-12-6-7-27(12)19(30)13-11(28(16)9-25-15)5-4-10(22)14(13)23/h4-5,9,12,17H,6-8,24H2,1-3H3/t12-,17?/m0/s1. The van der Waals surface area contributed by atoms with Gasteiger partial charge in [0, 0.05) is 6.54 Å². The van der Waals surface area contributed by atoms with Gasteiger partial charge in [-0.15, -0.1) is 0 Å². The van der Waals surface area contributed by atoms with Gasteiger partial charge >= 0.3 is 11.9 Å². The van der Waals surface area contributed by atoms with Gasteiger partial charge in [0.2, 0.25) is 0 Å². The summed E-state index contributed by atoms with van der Waals surface area (Å²) in [5, 5.41) is 1.27. The molecular formula is C21H22F2N6O4. The Hall–Kier alpha value is -3.38. The SMILES string of the molecule is CC(C)(C)OC(=O)C1=NC(c2ncn3c2[C@@H]2CCN2C(=O)c2c-3ccc(F)c2F)N(CN)O1. The number of benzene rings is 1. The largest absolute Gasteiger partial charge is 0.453 e. The number of carbonyl (C=O) groups is 2. The summed E-state index contributed by atoms with van der Waals surface area (Å²) in [4.78, 5) is 41.3. The number of nitrogens with zero attached hydrogens (tertiary/aromatic N) is 5. The Morgan fingerprint density at radius 3 is 2.73 bits per heavy atom. The molecule has 2 N–H and O–H groups in total. The smallest absolute Gasteiger partial charge is 0.396 e. The summed E-state index contributed by atoms with van der Waals surface area (Å²) in [7, 11) is 0. The van der Waals surface area contributed by atoms with Crippen LogP contribution in [0.1, 0.15) is 61.1 Å². The number of fused-ring (bicyclic) bond motifs is 5. The lowest BCUT2D eigenvalue weighted by Crippen LogP contribution is -2.45. The van der Waals surface area contributed by atoms with Crippen molar-refractivity contribution in [1.29, 1.82) is 0 Å². The van der Waals surface area contributed by atoms with Gasteiger partial charge in [0.05, 0.1) is 30.4 Å². The molecule has 0 saturated carbocycles. The van der Waals surface area contributed by atoms with Gasteiger partial charge < -0.3 is 20.2 Å². The van der Waals surface area contributed by atoms with E-state index in [2.05, 4.69) is 9.98 Å². The van der Waals surface area contributed by atoms with E-state index < -0.39 is 41.3 Å². The highest BCUT2D eigenvalue weighted by molar-refractivity contribution is 6.33. The van der Waals surface area contributed by atoms with Gasteiger partial charge in [0.1, 0.15) is 16.9 Å². The molecule has 3 aliphatic heterocycles. The van der Waals surface area contributed by atoms with Gasteiger partial charge in [0.15, 0.2) is 17.8 Å². The van der Waals surface area contributed by atoms with Crippen LogP contribution in [-0.2, 0) is 14.4 Å². The first-order valence-electron chi connectivity index (χ1n) is 10.4. The minimum Gasteiger partial charge on any atom is -0.453 e. The van der Waals surface area contributed by atoms with Gasteiger partial charge in [-0.3, -0.25) is 9.36 Å². The van der Waals surface area contributed by atoms with E-state index in [0.29, 0.717) is 24.4 Å². The average molecular weight is 460 g/mol. The number of aromatic nitrogens is 2. The normalized spacial score (nSPS) is 21.9. The second kappa shape index (κ2) is 7.32. The maximum Gasteiger partial charge on any atom is 0.396 e. The summed E-state index contributed by atoms with van der Waals surface area (Å²) in [6, 6.07) is 1.88. The van der Waals surface area contributed by atoms with Crippen molar-refractivity contribution in [1.82, 2.24) is 19.5 Å². The molecule has 0 bridgehead atoms. The molecule has 0 spiro atoms. The molecule has 10 nitrogen and oxygen atoms in total. The van der Waals surface area contributed by atoms with Crippen molar-refractivity contribution in [2.75, 3.05) is 13.2 Å². The zero-order chi connectivity index (χ0) is 23.7. The highest BCUT2D eigenvalue weighted by atomic mass is 19.2. The van der Waals surface area contributed by atoms with E-state index in [9.17, 15) is 18.4 Å². The number of carbonyl (C=O) groups excluding carboxylic acids is 2. The van der Waals surface area contributed by atoms with Crippen LogP contribution in [0.2, 0.25) is 0 Å². The average Bonchev–Trinajstić information content (AvgIpc) is 3.30. The zero-order valence-corrected chi connectivity index (χ0v) is 18.2. The number of aliphatic imine (C=N–C) groups is 1. The molecule has 0 radical (unpaired) electrons. The Morgan fingerprint density at radius 1 is 1.33 bits per heavy atom. The second-order valence-corrected chi connectivity index (χ2v) is 8.94. The minimum absolute atomic E-state index is 0.115. The van der Waals surface area contributed by atoms with Crippen LogP contribution >= 0.6 is 0 Å². The number of imidazole rings is 1. The van der Waals surface area contributed by atoms with Crippen LogP contribution in [0.15, 0.2) is 23.5 Å². The van der Waals surface area contributed by atoms with Gasteiger partial charge in [-0.1, -0.05) is 5.06 Å². The Labute approximate surface area is 187 Å². The van der Waals surface area contributed by atoms with Crippen LogP contribution in [0.25, 0.3) is 5.69 Å². The van der Waals surface area contributed by atoms with Gasteiger partial charge in [0.25, 0.3) is 5.91 Å². The lowest BCUT2D eigenvalue weighted by molar-refractivity contribution is -0.152. The van der Waals surface area contributed by atoms with E-state index in [1.54, 1.807) is 25.3 Å². The monoisotopic (exact) mass is 460 g/mol. The highest BCUT2D eigenvalue weighted by Crippen LogP contribution is 2.44. The summed E-state index contributed by atoms with van der Waals surface area (Å²) in [6.07, 6.45) is 1.13. The van der Waals surface area contributed by atoms with Crippen LogP contribution in [0.3, 0.4) is 0 Å². The molecule has 2 aromatic rings. The fourth-order valence-electron chi connectivity index (χ4n) is 4.20. The Balaban J connectivity index is 1.62. The van der Waals surface area contributed by atoms with Crippen molar-refractivity contribution in [3.05, 3.63) is 47.0 Å². The number of hydrogen-bond acceptors (Lipinski definition) is 8. The summed E-state index contributed by atoms with van der Waals surface area (Å²) in [5.74, 6) is -3.93. The predicted octanol–water partition coefficient (Wildman–Crippen LogP) is 1.95. The van der Waals surface area contributed by atoms with Gasteiger partial charge in [-0.25, -0.2) is 23.6 Å². The van der Waals surface area contributed by atoms with Crippen molar-refractivity contribution >= 4 is 17.8 Å². The molecule has 5 rings (SSSR count). The number of hydrogen-bond donors (Lipinski definition) is 1. The van der Waals surface area contributed by atoms with Crippen LogP contribution in [0.4, 0.5) is 8.78 Å². The number of halogens is 2. The quantitative estimate of drug-likeness (QED) is 0.696. The van der Waals surface area contributed by atoms with Crippen LogP contribution in [0, 0.1) is 11.6 Å². The molecule has 1 amide bonds. The van der Waals surface area contributed by atoms with Crippen LogP contribution in [0.5, 0.6) is 0 Å². The molecule has 2 atom stereocenters. The molecule has 3 aliphatic rings. The maximum absolute atomic E-state index is 14.7. The molecule has 1 aromatic carbocycles. The predicted molar refractivity (Wildman–Crippen MR) is 110 cm³/mol. The molecule has 1 aromatic heterocycles. The maximum atomic E-state index is 14.7. The van der Waals surface area contributed by atoms with Crippen LogP contribution in [-0.4, -0.2) is 56.1 Å². The summed E-state index contributed by atoms with van der Waals surface area (Å²) >= 11 is 0.